The maximum absolute atomic E-state index is 6.47. The molecule has 0 radical (unpaired) electrons. The standard InChI is InChI=1S/C45H47N5O2/c1-43(2,3)32-21-17-28(18-22-32)39-46-48-41(51-39)30-25-31(42-49-47-40(52-42)29-19-23-33(24-20-29)44(4,5)6)27-34(26-30)50-37-15-11-9-13-35(37)45(7,8)36-14-10-12-16-38(36)50/h9-26,31,35,37H,27H2,1-8H3. The number of rotatable bonds is 5. The van der Waals surface area contributed by atoms with Gasteiger partial charge in [0.1, 0.15) is 0 Å². The molecule has 7 nitrogen and oxygen atoms in total. The van der Waals surface area contributed by atoms with Crippen molar-refractivity contribution in [3.05, 3.63) is 143 Å². The first-order chi connectivity index (χ1) is 24.8. The second-order valence-corrected chi connectivity index (χ2v) is 17.0. The summed E-state index contributed by atoms with van der Waals surface area (Å²) < 4.78 is 12.9. The van der Waals surface area contributed by atoms with Crippen LogP contribution >= 0.6 is 0 Å². The van der Waals surface area contributed by atoms with Gasteiger partial charge in [-0.2, -0.15) is 0 Å². The molecule has 264 valence electrons. The summed E-state index contributed by atoms with van der Waals surface area (Å²) in [4.78, 5) is 2.50. The van der Waals surface area contributed by atoms with Crippen molar-refractivity contribution < 1.29 is 8.83 Å². The molecule has 3 aromatic carbocycles. The minimum Gasteiger partial charge on any atom is -0.420 e. The third-order valence-electron chi connectivity index (χ3n) is 11.0. The third-order valence-corrected chi connectivity index (χ3v) is 11.0. The minimum absolute atomic E-state index is 0.0523. The number of hydrogen-bond acceptors (Lipinski definition) is 7. The van der Waals surface area contributed by atoms with Gasteiger partial charge in [-0.15, -0.1) is 20.4 Å². The largest absolute Gasteiger partial charge is 0.420 e. The zero-order chi connectivity index (χ0) is 36.4. The van der Waals surface area contributed by atoms with Crippen LogP contribution in [0, 0.1) is 5.92 Å². The van der Waals surface area contributed by atoms with Crippen molar-refractivity contribution in [1.82, 2.24) is 20.4 Å². The molecule has 3 heterocycles. The SMILES string of the molecule is CC(C)(C)c1ccc(-c2nnc(C3=CC(c4nnc(-c5ccc(C(C)(C)C)cc5)o4)CC(N4c5ccccc5C(C)(C)C5C=CC=CC54)=C3)o2)cc1. The number of benzene rings is 3. The van der Waals surface area contributed by atoms with E-state index in [-0.39, 0.29) is 34.1 Å². The van der Waals surface area contributed by atoms with Crippen LogP contribution in [0.4, 0.5) is 5.69 Å². The number of para-hydroxylation sites is 1. The lowest BCUT2D eigenvalue weighted by Crippen LogP contribution is -2.51. The Kier molecular flexibility index (Phi) is 8.09. The van der Waals surface area contributed by atoms with Crippen molar-refractivity contribution in [2.75, 3.05) is 4.90 Å². The molecule has 5 aromatic rings. The van der Waals surface area contributed by atoms with Crippen LogP contribution in [0.5, 0.6) is 0 Å². The molecule has 0 saturated carbocycles. The molecule has 0 amide bonds. The van der Waals surface area contributed by atoms with E-state index in [9.17, 15) is 0 Å². The van der Waals surface area contributed by atoms with Crippen molar-refractivity contribution in [3.63, 3.8) is 0 Å². The molecule has 1 aliphatic heterocycles. The zero-order valence-corrected chi connectivity index (χ0v) is 31.4. The Balaban J connectivity index is 1.20. The fraction of sp³-hybridized carbons (Fsp3) is 0.333. The zero-order valence-electron chi connectivity index (χ0n) is 31.4. The van der Waals surface area contributed by atoms with Gasteiger partial charge in [0.15, 0.2) is 0 Å². The van der Waals surface area contributed by atoms with Crippen LogP contribution in [-0.2, 0) is 16.2 Å². The quantitative estimate of drug-likeness (QED) is 0.182. The van der Waals surface area contributed by atoms with E-state index < -0.39 is 0 Å². The Bertz CT molecular complexity index is 2230. The molecule has 0 bridgehead atoms. The number of allylic oxidation sites excluding steroid dienone is 6. The predicted octanol–water partition coefficient (Wildman–Crippen LogP) is 10.7. The summed E-state index contributed by atoms with van der Waals surface area (Å²) in [5.74, 6) is 2.06. The Morgan fingerprint density at radius 2 is 1.25 bits per heavy atom. The molecule has 0 saturated heterocycles. The highest BCUT2D eigenvalue weighted by Crippen LogP contribution is 2.51. The number of aromatic nitrogens is 4. The number of hydrogen-bond donors (Lipinski definition) is 0. The Morgan fingerprint density at radius 3 is 1.90 bits per heavy atom. The highest BCUT2D eigenvalue weighted by Gasteiger charge is 2.46. The molecule has 3 unspecified atom stereocenters. The summed E-state index contributed by atoms with van der Waals surface area (Å²) in [5.41, 5.74) is 8.83. The normalized spacial score (nSPS) is 21.0. The second kappa shape index (κ2) is 12.4. The van der Waals surface area contributed by atoms with Crippen LogP contribution in [0.1, 0.15) is 96.2 Å². The topological polar surface area (TPSA) is 81.1 Å². The minimum atomic E-state index is -0.213. The van der Waals surface area contributed by atoms with Gasteiger partial charge in [0.25, 0.3) is 0 Å². The molecule has 0 fully saturated rings. The number of fused-ring (bicyclic) bond motifs is 2. The van der Waals surface area contributed by atoms with Gasteiger partial charge in [-0.3, -0.25) is 0 Å². The third kappa shape index (κ3) is 6.06. The highest BCUT2D eigenvalue weighted by atomic mass is 16.4. The molecule has 2 aliphatic carbocycles. The smallest absolute Gasteiger partial charge is 0.248 e. The Morgan fingerprint density at radius 1 is 0.673 bits per heavy atom. The lowest BCUT2D eigenvalue weighted by molar-refractivity contribution is 0.326. The summed E-state index contributed by atoms with van der Waals surface area (Å²) in [5, 5.41) is 18.2. The average Bonchev–Trinajstić information content (AvgIpc) is 3.83. The van der Waals surface area contributed by atoms with Crippen molar-refractivity contribution in [2.45, 2.75) is 90.0 Å². The lowest BCUT2D eigenvalue weighted by Gasteiger charge is -2.51. The summed E-state index contributed by atoms with van der Waals surface area (Å²) in [6.07, 6.45) is 14.0. The first-order valence-electron chi connectivity index (χ1n) is 18.3. The van der Waals surface area contributed by atoms with Gasteiger partial charge in [0.05, 0.1) is 12.0 Å². The van der Waals surface area contributed by atoms with Gasteiger partial charge < -0.3 is 13.7 Å². The molecule has 8 rings (SSSR count). The molecule has 0 spiro atoms. The van der Waals surface area contributed by atoms with E-state index in [0.29, 0.717) is 30.0 Å². The van der Waals surface area contributed by atoms with E-state index >= 15 is 0 Å². The molecule has 3 aliphatic rings. The molecule has 3 atom stereocenters. The average molecular weight is 690 g/mol. The lowest BCUT2D eigenvalue weighted by atomic mass is 9.65. The summed E-state index contributed by atoms with van der Waals surface area (Å²) >= 11 is 0. The second-order valence-electron chi connectivity index (χ2n) is 17.0. The maximum atomic E-state index is 6.47. The van der Waals surface area contributed by atoms with Crippen molar-refractivity contribution >= 4 is 11.3 Å². The first kappa shape index (κ1) is 33.8. The first-order valence-corrected chi connectivity index (χ1v) is 18.3. The Labute approximate surface area is 306 Å². The maximum Gasteiger partial charge on any atom is 0.248 e. The van der Waals surface area contributed by atoms with E-state index in [4.69, 9.17) is 8.83 Å². The van der Waals surface area contributed by atoms with E-state index in [1.54, 1.807) is 0 Å². The molecule has 7 heteroatoms. The van der Waals surface area contributed by atoms with Gasteiger partial charge in [-0.05, 0) is 63.9 Å². The van der Waals surface area contributed by atoms with Crippen LogP contribution in [-0.4, -0.2) is 26.4 Å². The van der Waals surface area contributed by atoms with Gasteiger partial charge in [-0.25, -0.2) is 0 Å². The molecule has 0 N–H and O–H groups in total. The van der Waals surface area contributed by atoms with Gasteiger partial charge in [-0.1, -0.05) is 128 Å². The summed E-state index contributed by atoms with van der Waals surface area (Å²) in [6, 6.07) is 25.7. The van der Waals surface area contributed by atoms with Crippen LogP contribution in [0.15, 0.2) is 124 Å². The van der Waals surface area contributed by atoms with Crippen molar-refractivity contribution in [1.29, 1.82) is 0 Å². The summed E-state index contributed by atoms with van der Waals surface area (Å²) in [7, 11) is 0. The van der Waals surface area contributed by atoms with Gasteiger partial charge in [0.2, 0.25) is 23.6 Å². The van der Waals surface area contributed by atoms with Gasteiger partial charge in [0, 0.05) is 45.8 Å². The van der Waals surface area contributed by atoms with E-state index in [1.165, 1.54) is 22.4 Å². The highest BCUT2D eigenvalue weighted by molar-refractivity contribution is 5.76. The van der Waals surface area contributed by atoms with Crippen LogP contribution in [0.2, 0.25) is 0 Å². The van der Waals surface area contributed by atoms with Crippen LogP contribution < -0.4 is 4.90 Å². The predicted molar refractivity (Wildman–Crippen MR) is 208 cm³/mol. The molecule has 52 heavy (non-hydrogen) atoms. The number of anilines is 1. The Hall–Kier alpha value is -5.30. The summed E-state index contributed by atoms with van der Waals surface area (Å²) in [6.45, 7) is 18.0. The van der Waals surface area contributed by atoms with Crippen LogP contribution in [0.3, 0.4) is 0 Å². The van der Waals surface area contributed by atoms with Crippen molar-refractivity contribution in [3.8, 4) is 22.9 Å². The fourth-order valence-corrected chi connectivity index (χ4v) is 7.85. The van der Waals surface area contributed by atoms with Crippen molar-refractivity contribution in [2.24, 2.45) is 5.92 Å². The van der Waals surface area contributed by atoms with Crippen LogP contribution in [0.25, 0.3) is 28.5 Å². The molecular formula is C45H47N5O2. The number of nitrogens with zero attached hydrogens (tertiary/aromatic N) is 5. The molecular weight excluding hydrogens is 643 g/mol. The van der Waals surface area contributed by atoms with E-state index in [2.05, 4.69) is 190 Å². The molecule has 2 aromatic heterocycles. The van der Waals surface area contributed by atoms with E-state index in [0.717, 1.165) is 22.4 Å². The van der Waals surface area contributed by atoms with Gasteiger partial charge >= 0.3 is 0 Å². The monoisotopic (exact) mass is 689 g/mol. The van der Waals surface area contributed by atoms with E-state index in [1.807, 2.05) is 0 Å². The fourth-order valence-electron chi connectivity index (χ4n) is 7.85.